The van der Waals surface area contributed by atoms with Crippen molar-refractivity contribution in [2.75, 3.05) is 32.0 Å². The van der Waals surface area contributed by atoms with Crippen molar-refractivity contribution < 1.29 is 4.79 Å². The third-order valence-electron chi connectivity index (χ3n) is 6.79. The van der Waals surface area contributed by atoms with Crippen molar-refractivity contribution in [1.29, 1.82) is 0 Å². The highest BCUT2D eigenvalue weighted by Gasteiger charge is 2.27. The molecule has 2 aromatic heterocycles. The topological polar surface area (TPSA) is 74.2 Å². The van der Waals surface area contributed by atoms with Gasteiger partial charge in [0.25, 0.3) is 0 Å². The highest BCUT2D eigenvalue weighted by molar-refractivity contribution is 5.78. The molecule has 2 aliphatic rings. The summed E-state index contributed by atoms with van der Waals surface area (Å²) in [6.45, 7) is 4.41. The van der Waals surface area contributed by atoms with Gasteiger partial charge in [-0.05, 0) is 57.3 Å². The summed E-state index contributed by atoms with van der Waals surface area (Å²) in [4.78, 5) is 30.6. The number of aryl methyl sites for hydroxylation is 1. The third kappa shape index (κ3) is 5.58. The molecule has 1 N–H and O–H groups in total. The van der Waals surface area contributed by atoms with Crippen molar-refractivity contribution in [2.24, 2.45) is 0 Å². The fourth-order valence-electron chi connectivity index (χ4n) is 4.74. The molecular weight excluding hydrogens is 388 g/mol. The van der Waals surface area contributed by atoms with Gasteiger partial charge in [-0.15, -0.1) is 0 Å². The van der Waals surface area contributed by atoms with E-state index in [1.807, 2.05) is 37.2 Å². The maximum Gasteiger partial charge on any atom is 0.236 e. The Bertz CT molecular complexity index is 874. The number of piperidine rings is 1. The molecule has 166 valence electrons. The van der Waals surface area contributed by atoms with Gasteiger partial charge in [-0.2, -0.15) is 0 Å². The summed E-state index contributed by atoms with van der Waals surface area (Å²) in [5, 5.41) is 3.28. The smallest absolute Gasteiger partial charge is 0.236 e. The molecule has 31 heavy (non-hydrogen) atoms. The van der Waals surface area contributed by atoms with Crippen LogP contribution in [-0.4, -0.2) is 63.4 Å². The summed E-state index contributed by atoms with van der Waals surface area (Å²) < 4.78 is 0. The highest BCUT2D eigenvalue weighted by Crippen LogP contribution is 2.28. The summed E-state index contributed by atoms with van der Waals surface area (Å²) in [5.74, 6) is 2.18. The first kappa shape index (κ1) is 21.7. The predicted octanol–water partition coefficient (Wildman–Crippen LogP) is 3.89. The number of hydrogen-bond acceptors (Lipinski definition) is 6. The first-order valence-electron chi connectivity index (χ1n) is 11.6. The fraction of sp³-hybridized carbons (Fsp3) is 0.583. The molecule has 1 amide bonds. The first-order valence-corrected chi connectivity index (χ1v) is 11.6. The molecule has 0 radical (unpaired) electrons. The van der Waals surface area contributed by atoms with Crippen LogP contribution in [0.15, 0.2) is 30.7 Å². The summed E-state index contributed by atoms with van der Waals surface area (Å²) in [7, 11) is 1.99. The lowest BCUT2D eigenvalue weighted by molar-refractivity contribution is -0.134. The summed E-state index contributed by atoms with van der Waals surface area (Å²) >= 11 is 0. The van der Waals surface area contributed by atoms with Crippen LogP contribution in [-0.2, 0) is 4.79 Å². The van der Waals surface area contributed by atoms with Crippen LogP contribution in [0.25, 0.3) is 0 Å². The Morgan fingerprint density at radius 1 is 1.16 bits per heavy atom. The van der Waals surface area contributed by atoms with E-state index in [1.165, 1.54) is 19.3 Å². The molecule has 2 fully saturated rings. The van der Waals surface area contributed by atoms with Gasteiger partial charge in [0, 0.05) is 31.4 Å². The van der Waals surface area contributed by atoms with Gasteiger partial charge >= 0.3 is 0 Å². The van der Waals surface area contributed by atoms with Crippen LogP contribution in [0.3, 0.4) is 0 Å². The van der Waals surface area contributed by atoms with Crippen molar-refractivity contribution in [3.8, 4) is 0 Å². The van der Waals surface area contributed by atoms with Crippen LogP contribution in [0.4, 0.5) is 11.6 Å². The normalized spacial score (nSPS) is 18.6. The molecule has 3 heterocycles. The molecule has 0 spiro atoms. The standard InChI is InChI=1S/C24H34N6O/c1-18-7-6-12-26-24(18)28-22-16-25-15-21(27-22)19-10-13-30(14-11-19)17-23(31)29(2)20-8-4-3-5-9-20/h6-7,12,15-16,19-20H,3-5,8-11,13-14,17H2,1-2H3,(H,26,27,28). The van der Waals surface area contributed by atoms with E-state index in [1.54, 1.807) is 12.4 Å². The molecule has 7 heteroatoms. The Morgan fingerprint density at radius 2 is 1.94 bits per heavy atom. The van der Waals surface area contributed by atoms with E-state index >= 15 is 0 Å². The molecule has 1 aliphatic heterocycles. The predicted molar refractivity (Wildman–Crippen MR) is 122 cm³/mol. The van der Waals surface area contributed by atoms with Gasteiger partial charge in [-0.3, -0.25) is 14.7 Å². The van der Waals surface area contributed by atoms with Gasteiger partial charge in [-0.25, -0.2) is 9.97 Å². The molecule has 1 saturated carbocycles. The number of hydrogen-bond donors (Lipinski definition) is 1. The van der Waals surface area contributed by atoms with Crippen LogP contribution >= 0.6 is 0 Å². The molecule has 0 aromatic carbocycles. The van der Waals surface area contributed by atoms with Crippen molar-refractivity contribution in [1.82, 2.24) is 24.8 Å². The fourth-order valence-corrected chi connectivity index (χ4v) is 4.74. The largest absolute Gasteiger partial charge is 0.342 e. The molecule has 7 nitrogen and oxygen atoms in total. The number of likely N-dealkylation sites (tertiary alicyclic amines) is 1. The van der Waals surface area contributed by atoms with Crippen molar-refractivity contribution in [2.45, 2.75) is 63.8 Å². The monoisotopic (exact) mass is 422 g/mol. The SMILES string of the molecule is Cc1cccnc1Nc1cncc(C2CCN(CC(=O)N(C)C3CCCCC3)CC2)n1. The Hall–Kier alpha value is -2.54. The van der Waals surface area contributed by atoms with Gasteiger partial charge in [0.05, 0.1) is 18.4 Å². The van der Waals surface area contributed by atoms with E-state index in [0.29, 0.717) is 18.5 Å². The van der Waals surface area contributed by atoms with E-state index in [4.69, 9.17) is 4.98 Å². The van der Waals surface area contributed by atoms with E-state index in [9.17, 15) is 4.79 Å². The number of nitrogens with zero attached hydrogens (tertiary/aromatic N) is 5. The lowest BCUT2D eigenvalue weighted by Crippen LogP contribution is -2.45. The first-order chi connectivity index (χ1) is 15.1. The van der Waals surface area contributed by atoms with Gasteiger partial charge in [0.1, 0.15) is 11.6 Å². The van der Waals surface area contributed by atoms with Gasteiger partial charge in [0.15, 0.2) is 0 Å². The zero-order valence-electron chi connectivity index (χ0n) is 18.8. The second kappa shape index (κ2) is 10.2. The minimum absolute atomic E-state index is 0.266. The van der Waals surface area contributed by atoms with Gasteiger partial charge < -0.3 is 10.2 Å². The summed E-state index contributed by atoms with van der Waals surface area (Å²) in [5.41, 5.74) is 2.09. The Kier molecular flexibility index (Phi) is 7.12. The van der Waals surface area contributed by atoms with Crippen molar-refractivity contribution in [3.05, 3.63) is 42.0 Å². The number of anilines is 2. The van der Waals surface area contributed by atoms with E-state index in [2.05, 4.69) is 20.2 Å². The molecule has 0 unspecified atom stereocenters. The Labute approximate surface area is 185 Å². The van der Waals surface area contributed by atoms with Crippen LogP contribution in [0, 0.1) is 6.92 Å². The quantitative estimate of drug-likeness (QED) is 0.761. The van der Waals surface area contributed by atoms with Crippen LogP contribution in [0.5, 0.6) is 0 Å². The molecule has 0 bridgehead atoms. The van der Waals surface area contributed by atoms with Gasteiger partial charge in [-0.1, -0.05) is 25.3 Å². The number of likely N-dealkylation sites (N-methyl/N-ethyl adjacent to an activating group) is 1. The number of pyridine rings is 1. The molecule has 1 saturated heterocycles. The van der Waals surface area contributed by atoms with Crippen LogP contribution in [0.2, 0.25) is 0 Å². The number of aromatic nitrogens is 3. The number of nitrogens with one attached hydrogen (secondary N) is 1. The van der Waals surface area contributed by atoms with E-state index < -0.39 is 0 Å². The molecule has 4 rings (SSSR count). The second-order valence-corrected chi connectivity index (χ2v) is 8.97. The zero-order chi connectivity index (χ0) is 21.6. The average molecular weight is 423 g/mol. The molecule has 1 aliphatic carbocycles. The Morgan fingerprint density at radius 3 is 2.68 bits per heavy atom. The lowest BCUT2D eigenvalue weighted by Gasteiger charge is -2.35. The van der Waals surface area contributed by atoms with Crippen LogP contribution in [0.1, 0.15) is 62.1 Å². The average Bonchev–Trinajstić information content (AvgIpc) is 2.81. The number of carbonyl (C=O) groups excluding carboxylic acids is 1. The van der Waals surface area contributed by atoms with Gasteiger partial charge in [0.2, 0.25) is 5.91 Å². The molecular formula is C24H34N6O. The zero-order valence-corrected chi connectivity index (χ0v) is 18.8. The maximum atomic E-state index is 12.8. The summed E-state index contributed by atoms with van der Waals surface area (Å²) in [6, 6.07) is 4.38. The third-order valence-corrected chi connectivity index (χ3v) is 6.79. The molecule has 2 aromatic rings. The highest BCUT2D eigenvalue weighted by atomic mass is 16.2. The summed E-state index contributed by atoms with van der Waals surface area (Å²) in [6.07, 6.45) is 13.5. The minimum atomic E-state index is 0.266. The van der Waals surface area contributed by atoms with E-state index in [-0.39, 0.29) is 5.91 Å². The molecule has 0 atom stereocenters. The van der Waals surface area contributed by atoms with Crippen molar-refractivity contribution in [3.63, 3.8) is 0 Å². The number of amides is 1. The van der Waals surface area contributed by atoms with Crippen LogP contribution < -0.4 is 5.32 Å². The maximum absolute atomic E-state index is 12.8. The number of carbonyl (C=O) groups is 1. The van der Waals surface area contributed by atoms with E-state index in [0.717, 1.165) is 61.7 Å². The lowest BCUT2D eigenvalue weighted by atomic mass is 9.93. The number of rotatable bonds is 6. The Balaban J connectivity index is 1.29. The second-order valence-electron chi connectivity index (χ2n) is 8.97. The van der Waals surface area contributed by atoms with Crippen molar-refractivity contribution >= 4 is 17.5 Å². The minimum Gasteiger partial charge on any atom is -0.342 e.